The highest BCUT2D eigenvalue weighted by molar-refractivity contribution is 7.89. The molecule has 1 atom stereocenters. The van der Waals surface area contributed by atoms with Crippen LogP contribution in [0.5, 0.6) is 0 Å². The molecule has 1 amide bonds. The van der Waals surface area contributed by atoms with Crippen molar-refractivity contribution in [3.05, 3.63) is 0 Å². The first-order chi connectivity index (χ1) is 7.93. The summed E-state index contributed by atoms with van der Waals surface area (Å²) in [6, 6.07) is 1.74. The second-order valence-corrected chi connectivity index (χ2v) is 6.36. The maximum absolute atomic E-state index is 11.9. The fraction of sp³-hybridized carbons (Fsp3) is 0.800. The summed E-state index contributed by atoms with van der Waals surface area (Å²) in [5, 5.41) is 10.2. The fourth-order valence-corrected chi connectivity index (χ4v) is 3.17. The lowest BCUT2D eigenvalue weighted by Crippen LogP contribution is -2.44. The molecule has 96 valence electrons. The second kappa shape index (κ2) is 5.47. The van der Waals surface area contributed by atoms with Crippen LogP contribution in [-0.2, 0) is 14.8 Å². The third kappa shape index (κ3) is 2.96. The van der Waals surface area contributed by atoms with E-state index in [1.54, 1.807) is 13.1 Å². The van der Waals surface area contributed by atoms with Gasteiger partial charge in [0.1, 0.15) is 0 Å². The van der Waals surface area contributed by atoms with Crippen molar-refractivity contribution in [2.75, 3.05) is 20.1 Å². The minimum absolute atomic E-state index is 0.0459. The predicted octanol–water partition coefficient (Wildman–Crippen LogP) is -0.314. The summed E-state index contributed by atoms with van der Waals surface area (Å²) < 4.78 is 25.0. The number of carbonyl (C=O) groups excluding carboxylic acids is 1. The fourth-order valence-electron chi connectivity index (χ4n) is 1.87. The summed E-state index contributed by atoms with van der Waals surface area (Å²) >= 11 is 0. The first-order valence-corrected chi connectivity index (χ1v) is 7.04. The molecule has 1 heterocycles. The van der Waals surface area contributed by atoms with Crippen LogP contribution in [0, 0.1) is 17.2 Å². The van der Waals surface area contributed by atoms with Crippen LogP contribution >= 0.6 is 0 Å². The van der Waals surface area contributed by atoms with Crippen molar-refractivity contribution < 1.29 is 13.2 Å². The Kier molecular flexibility index (Phi) is 4.48. The summed E-state index contributed by atoms with van der Waals surface area (Å²) in [6.07, 6.45) is 1.02. The van der Waals surface area contributed by atoms with E-state index in [1.165, 1.54) is 11.2 Å². The van der Waals surface area contributed by atoms with Crippen LogP contribution in [0.15, 0.2) is 0 Å². The number of amides is 1. The molecular weight excluding hydrogens is 242 g/mol. The van der Waals surface area contributed by atoms with Crippen molar-refractivity contribution in [3.8, 4) is 6.07 Å². The standard InChI is InChI=1S/C10H17N3O3S/c1-8(7-11)17(15,16)13-5-3-9(4-6-13)10(14)12-2/h8-9H,3-6H2,1-2H3,(H,12,14). The zero-order valence-corrected chi connectivity index (χ0v) is 10.8. The van der Waals surface area contributed by atoms with Crippen LogP contribution in [0.4, 0.5) is 0 Å². The van der Waals surface area contributed by atoms with Crippen molar-refractivity contribution in [2.45, 2.75) is 25.0 Å². The van der Waals surface area contributed by atoms with Gasteiger partial charge in [-0.15, -0.1) is 0 Å². The molecule has 1 fully saturated rings. The van der Waals surface area contributed by atoms with Crippen molar-refractivity contribution in [2.24, 2.45) is 5.92 Å². The smallest absolute Gasteiger partial charge is 0.230 e. The number of hydrogen-bond donors (Lipinski definition) is 1. The number of nitriles is 1. The molecule has 1 N–H and O–H groups in total. The predicted molar refractivity (Wildman–Crippen MR) is 62.4 cm³/mol. The van der Waals surface area contributed by atoms with E-state index in [0.717, 1.165) is 0 Å². The van der Waals surface area contributed by atoms with Gasteiger partial charge in [0.15, 0.2) is 5.25 Å². The van der Waals surface area contributed by atoms with E-state index >= 15 is 0 Å². The summed E-state index contributed by atoms with van der Waals surface area (Å²) in [5.41, 5.74) is 0. The molecular formula is C10H17N3O3S. The van der Waals surface area contributed by atoms with Crippen molar-refractivity contribution in [3.63, 3.8) is 0 Å². The van der Waals surface area contributed by atoms with Gasteiger partial charge in [0.2, 0.25) is 15.9 Å². The van der Waals surface area contributed by atoms with Crippen LogP contribution in [0.1, 0.15) is 19.8 Å². The first-order valence-electron chi connectivity index (χ1n) is 5.53. The Labute approximate surface area is 102 Å². The lowest BCUT2D eigenvalue weighted by molar-refractivity contribution is -0.125. The number of hydrogen-bond acceptors (Lipinski definition) is 4. The molecule has 0 radical (unpaired) electrons. The van der Waals surface area contributed by atoms with Crippen molar-refractivity contribution in [1.29, 1.82) is 5.26 Å². The third-order valence-corrected chi connectivity index (χ3v) is 5.14. The number of nitrogens with one attached hydrogen (secondary N) is 1. The quantitative estimate of drug-likeness (QED) is 0.752. The summed E-state index contributed by atoms with van der Waals surface area (Å²) in [6.45, 7) is 2.00. The zero-order chi connectivity index (χ0) is 13.1. The Morgan fingerprint density at radius 3 is 2.41 bits per heavy atom. The molecule has 0 aromatic rings. The minimum atomic E-state index is -3.53. The number of sulfonamides is 1. The molecule has 1 saturated heterocycles. The molecule has 1 aliphatic heterocycles. The van der Waals surface area contributed by atoms with Crippen LogP contribution in [-0.4, -0.2) is 44.0 Å². The van der Waals surface area contributed by atoms with Gasteiger partial charge in [-0.25, -0.2) is 12.7 Å². The van der Waals surface area contributed by atoms with Gasteiger partial charge in [-0.2, -0.15) is 5.26 Å². The Bertz CT molecular complexity index is 419. The van der Waals surface area contributed by atoms with Crippen LogP contribution in [0.2, 0.25) is 0 Å². The summed E-state index contributed by atoms with van der Waals surface area (Å²) in [7, 11) is -1.95. The highest BCUT2D eigenvalue weighted by atomic mass is 32.2. The highest BCUT2D eigenvalue weighted by Crippen LogP contribution is 2.21. The van der Waals surface area contributed by atoms with E-state index in [1.807, 2.05) is 0 Å². The third-order valence-electron chi connectivity index (χ3n) is 3.06. The summed E-state index contributed by atoms with van der Waals surface area (Å²) in [4.78, 5) is 11.4. The molecule has 17 heavy (non-hydrogen) atoms. The first kappa shape index (κ1) is 13.9. The van der Waals surface area contributed by atoms with Gasteiger partial charge in [-0.05, 0) is 19.8 Å². The van der Waals surface area contributed by atoms with Gasteiger partial charge in [0.25, 0.3) is 0 Å². The maximum Gasteiger partial charge on any atom is 0.230 e. The Balaban J connectivity index is 2.65. The normalized spacial score (nSPS) is 20.5. The molecule has 0 aromatic heterocycles. The largest absolute Gasteiger partial charge is 0.359 e. The molecule has 6 nitrogen and oxygen atoms in total. The van der Waals surface area contributed by atoms with Crippen molar-refractivity contribution >= 4 is 15.9 Å². The maximum atomic E-state index is 11.9. The number of rotatable bonds is 3. The lowest BCUT2D eigenvalue weighted by atomic mass is 9.97. The SMILES string of the molecule is CNC(=O)C1CCN(S(=O)(=O)C(C)C#N)CC1. The van der Waals surface area contributed by atoms with E-state index in [0.29, 0.717) is 25.9 Å². The lowest BCUT2D eigenvalue weighted by Gasteiger charge is -2.30. The van der Waals surface area contributed by atoms with E-state index in [2.05, 4.69) is 5.32 Å². The summed E-state index contributed by atoms with van der Waals surface area (Å²) in [5.74, 6) is -0.167. The Hall–Kier alpha value is -1.13. The van der Waals surface area contributed by atoms with E-state index in [-0.39, 0.29) is 11.8 Å². The molecule has 1 aliphatic rings. The van der Waals surface area contributed by atoms with E-state index in [4.69, 9.17) is 5.26 Å². The molecule has 0 saturated carbocycles. The molecule has 7 heteroatoms. The number of nitrogens with zero attached hydrogens (tertiary/aromatic N) is 2. The molecule has 0 aromatic carbocycles. The highest BCUT2D eigenvalue weighted by Gasteiger charge is 2.33. The average molecular weight is 259 g/mol. The molecule has 0 bridgehead atoms. The van der Waals surface area contributed by atoms with Gasteiger partial charge in [-0.1, -0.05) is 0 Å². The topological polar surface area (TPSA) is 90.3 Å². The zero-order valence-electron chi connectivity index (χ0n) is 10.0. The monoisotopic (exact) mass is 259 g/mol. The second-order valence-electron chi connectivity index (χ2n) is 4.10. The molecule has 1 rings (SSSR count). The van der Waals surface area contributed by atoms with Gasteiger partial charge in [0.05, 0.1) is 6.07 Å². The van der Waals surface area contributed by atoms with Gasteiger partial charge >= 0.3 is 0 Å². The van der Waals surface area contributed by atoms with Gasteiger partial charge in [-0.3, -0.25) is 4.79 Å². The number of carbonyl (C=O) groups is 1. The van der Waals surface area contributed by atoms with Crippen molar-refractivity contribution in [1.82, 2.24) is 9.62 Å². The minimum Gasteiger partial charge on any atom is -0.359 e. The van der Waals surface area contributed by atoms with E-state index < -0.39 is 15.3 Å². The Morgan fingerprint density at radius 2 is 2.00 bits per heavy atom. The van der Waals surface area contributed by atoms with Gasteiger partial charge in [0, 0.05) is 26.1 Å². The van der Waals surface area contributed by atoms with Crippen LogP contribution < -0.4 is 5.32 Å². The average Bonchev–Trinajstić information content (AvgIpc) is 2.36. The van der Waals surface area contributed by atoms with Gasteiger partial charge < -0.3 is 5.32 Å². The van der Waals surface area contributed by atoms with Crippen LogP contribution in [0.25, 0.3) is 0 Å². The number of piperidine rings is 1. The molecule has 0 spiro atoms. The molecule has 0 aliphatic carbocycles. The molecule has 1 unspecified atom stereocenters. The van der Waals surface area contributed by atoms with Crippen LogP contribution in [0.3, 0.4) is 0 Å². The Morgan fingerprint density at radius 1 is 1.47 bits per heavy atom. The van der Waals surface area contributed by atoms with E-state index in [9.17, 15) is 13.2 Å².